The zero-order chi connectivity index (χ0) is 13.5. The van der Waals surface area contributed by atoms with Crippen LogP contribution in [0.15, 0.2) is 18.3 Å². The lowest BCUT2D eigenvalue weighted by Gasteiger charge is -2.24. The Bertz CT molecular complexity index is 512. The van der Waals surface area contributed by atoms with Crippen LogP contribution in [0.25, 0.3) is 0 Å². The molecule has 0 radical (unpaired) electrons. The minimum Gasteiger partial charge on any atom is -0.479 e. The van der Waals surface area contributed by atoms with E-state index in [2.05, 4.69) is 5.32 Å². The van der Waals surface area contributed by atoms with Crippen molar-refractivity contribution in [3.8, 4) is 0 Å². The fourth-order valence-corrected chi connectivity index (χ4v) is 2.42. The summed E-state index contributed by atoms with van der Waals surface area (Å²) in [7, 11) is 0. The minimum atomic E-state index is -1.28. The minimum absolute atomic E-state index is 0.0260. The lowest BCUT2D eigenvalue weighted by Crippen LogP contribution is -2.55. The third-order valence-electron chi connectivity index (χ3n) is 3.74. The molecule has 1 amide bonds. The van der Waals surface area contributed by atoms with Crippen LogP contribution in [-0.4, -0.2) is 40.3 Å². The number of aliphatic carboxylic acids is 1. The molecule has 1 unspecified atom stereocenters. The van der Waals surface area contributed by atoms with E-state index in [1.165, 1.54) is 0 Å². The van der Waals surface area contributed by atoms with Crippen molar-refractivity contribution >= 4 is 11.9 Å². The Kier molecular flexibility index (Phi) is 2.82. The second-order valence-electron chi connectivity index (χ2n) is 5.18. The fraction of sp³-hybridized carbons (Fsp3) is 0.538. The number of aromatic nitrogens is 1. The molecule has 0 bridgehead atoms. The zero-order valence-corrected chi connectivity index (χ0v) is 10.5. The van der Waals surface area contributed by atoms with Gasteiger partial charge in [-0.05, 0) is 25.0 Å². The SMILES string of the molecule is O=C(NC1(C(=O)O)CCOC1)c1cccn1C1CC1. The van der Waals surface area contributed by atoms with E-state index in [1.807, 2.05) is 16.8 Å². The van der Waals surface area contributed by atoms with Gasteiger partial charge in [0.05, 0.1) is 6.61 Å². The summed E-state index contributed by atoms with van der Waals surface area (Å²) in [5, 5.41) is 11.9. The molecule has 3 rings (SSSR count). The Morgan fingerprint density at radius 1 is 1.47 bits per heavy atom. The fourth-order valence-electron chi connectivity index (χ4n) is 2.42. The molecule has 1 aliphatic carbocycles. The largest absolute Gasteiger partial charge is 0.479 e. The highest BCUT2D eigenvalue weighted by molar-refractivity contribution is 5.97. The quantitative estimate of drug-likeness (QED) is 0.842. The van der Waals surface area contributed by atoms with Crippen LogP contribution in [0.5, 0.6) is 0 Å². The molecule has 0 spiro atoms. The molecule has 2 fully saturated rings. The van der Waals surface area contributed by atoms with Gasteiger partial charge in [-0.1, -0.05) is 0 Å². The third-order valence-corrected chi connectivity index (χ3v) is 3.74. The van der Waals surface area contributed by atoms with Crippen LogP contribution in [0.4, 0.5) is 0 Å². The van der Waals surface area contributed by atoms with Gasteiger partial charge in [0.15, 0.2) is 5.54 Å². The molecule has 2 N–H and O–H groups in total. The molecule has 2 heterocycles. The van der Waals surface area contributed by atoms with E-state index < -0.39 is 11.5 Å². The number of hydrogen-bond donors (Lipinski definition) is 2. The van der Waals surface area contributed by atoms with Gasteiger partial charge in [-0.15, -0.1) is 0 Å². The van der Waals surface area contributed by atoms with Crippen molar-refractivity contribution in [1.29, 1.82) is 0 Å². The Morgan fingerprint density at radius 2 is 2.26 bits per heavy atom. The van der Waals surface area contributed by atoms with E-state index in [0.717, 1.165) is 12.8 Å². The van der Waals surface area contributed by atoms with Crippen molar-refractivity contribution in [2.45, 2.75) is 30.8 Å². The van der Waals surface area contributed by atoms with E-state index in [0.29, 0.717) is 24.8 Å². The van der Waals surface area contributed by atoms with Crippen molar-refractivity contribution in [3.63, 3.8) is 0 Å². The number of hydrogen-bond acceptors (Lipinski definition) is 3. The molecule has 102 valence electrons. The maximum Gasteiger partial charge on any atom is 0.331 e. The normalized spacial score (nSPS) is 26.3. The Labute approximate surface area is 110 Å². The Balaban J connectivity index is 1.80. The van der Waals surface area contributed by atoms with Crippen molar-refractivity contribution in [2.75, 3.05) is 13.2 Å². The number of ether oxygens (including phenoxy) is 1. The topological polar surface area (TPSA) is 80.6 Å². The van der Waals surface area contributed by atoms with Gasteiger partial charge in [0.1, 0.15) is 5.69 Å². The molecule has 1 aliphatic heterocycles. The number of rotatable bonds is 4. The van der Waals surface area contributed by atoms with Gasteiger partial charge in [0.25, 0.3) is 5.91 Å². The van der Waals surface area contributed by atoms with Gasteiger partial charge in [-0.2, -0.15) is 0 Å². The van der Waals surface area contributed by atoms with Crippen molar-refractivity contribution in [2.24, 2.45) is 0 Å². The molecule has 1 saturated heterocycles. The molecule has 19 heavy (non-hydrogen) atoms. The van der Waals surface area contributed by atoms with Gasteiger partial charge in [-0.3, -0.25) is 4.79 Å². The van der Waals surface area contributed by atoms with Crippen molar-refractivity contribution in [3.05, 3.63) is 24.0 Å². The van der Waals surface area contributed by atoms with Crippen LogP contribution in [0.2, 0.25) is 0 Å². The number of amides is 1. The Hall–Kier alpha value is -1.82. The van der Waals surface area contributed by atoms with Crippen LogP contribution >= 0.6 is 0 Å². The van der Waals surface area contributed by atoms with Gasteiger partial charge in [0, 0.05) is 25.3 Å². The number of carboxylic acid groups (broad SMARTS) is 1. The molecule has 0 aromatic carbocycles. The van der Waals surface area contributed by atoms with Crippen LogP contribution in [-0.2, 0) is 9.53 Å². The summed E-state index contributed by atoms with van der Waals surface area (Å²) < 4.78 is 7.05. The Morgan fingerprint density at radius 3 is 2.84 bits per heavy atom. The molecule has 1 aromatic heterocycles. The number of nitrogens with one attached hydrogen (secondary N) is 1. The predicted octanol–water partition coefficient (Wildman–Crippen LogP) is 0.796. The maximum atomic E-state index is 12.3. The van der Waals surface area contributed by atoms with E-state index in [4.69, 9.17) is 4.74 Å². The lowest BCUT2D eigenvalue weighted by molar-refractivity contribution is -0.144. The highest BCUT2D eigenvalue weighted by Gasteiger charge is 2.44. The summed E-state index contributed by atoms with van der Waals surface area (Å²) in [6, 6.07) is 3.92. The van der Waals surface area contributed by atoms with E-state index in [1.54, 1.807) is 6.07 Å². The number of carbonyl (C=O) groups is 2. The monoisotopic (exact) mass is 264 g/mol. The second kappa shape index (κ2) is 4.38. The summed E-state index contributed by atoms with van der Waals surface area (Å²) >= 11 is 0. The van der Waals surface area contributed by atoms with Gasteiger partial charge in [0.2, 0.25) is 0 Å². The standard InChI is InChI=1S/C13H16N2O4/c16-11(10-2-1-6-15(10)9-3-4-9)14-13(12(17)18)5-7-19-8-13/h1-2,6,9H,3-5,7-8H2,(H,14,16)(H,17,18). The molecule has 1 saturated carbocycles. The first-order valence-electron chi connectivity index (χ1n) is 6.43. The van der Waals surface area contributed by atoms with Crippen LogP contribution < -0.4 is 5.32 Å². The molecule has 6 heteroatoms. The van der Waals surface area contributed by atoms with Crippen molar-refractivity contribution < 1.29 is 19.4 Å². The maximum absolute atomic E-state index is 12.3. The first-order chi connectivity index (χ1) is 9.12. The van der Waals surface area contributed by atoms with Crippen LogP contribution in [0.3, 0.4) is 0 Å². The summed E-state index contributed by atoms with van der Waals surface area (Å²) in [6.45, 7) is 0.383. The molecular weight excluding hydrogens is 248 g/mol. The summed E-state index contributed by atoms with van der Waals surface area (Å²) in [5.74, 6) is -1.38. The third kappa shape index (κ3) is 2.12. The summed E-state index contributed by atoms with van der Waals surface area (Å²) in [6.07, 6.45) is 4.31. The molecule has 2 aliphatic rings. The number of carboxylic acids is 1. The lowest BCUT2D eigenvalue weighted by atomic mass is 9.99. The molecule has 1 aromatic rings. The highest BCUT2D eigenvalue weighted by Crippen LogP contribution is 2.36. The van der Waals surface area contributed by atoms with E-state index >= 15 is 0 Å². The van der Waals surface area contributed by atoms with Gasteiger partial charge in [-0.25, -0.2) is 4.79 Å². The molecular formula is C13H16N2O4. The average Bonchev–Trinajstić information content (AvgIpc) is 2.92. The van der Waals surface area contributed by atoms with Gasteiger partial charge >= 0.3 is 5.97 Å². The van der Waals surface area contributed by atoms with Crippen LogP contribution in [0, 0.1) is 0 Å². The smallest absolute Gasteiger partial charge is 0.331 e. The molecule has 1 atom stereocenters. The first kappa shape index (κ1) is 12.2. The van der Waals surface area contributed by atoms with E-state index in [-0.39, 0.29) is 12.5 Å². The average molecular weight is 264 g/mol. The first-order valence-corrected chi connectivity index (χ1v) is 6.43. The molecule has 6 nitrogen and oxygen atoms in total. The predicted molar refractivity (Wildman–Crippen MR) is 66.0 cm³/mol. The highest BCUT2D eigenvalue weighted by atomic mass is 16.5. The summed E-state index contributed by atoms with van der Waals surface area (Å²) in [4.78, 5) is 23.6. The van der Waals surface area contributed by atoms with E-state index in [9.17, 15) is 14.7 Å². The number of nitrogens with zero attached hydrogens (tertiary/aromatic N) is 1. The second-order valence-corrected chi connectivity index (χ2v) is 5.18. The number of carbonyl (C=O) groups excluding carboxylic acids is 1. The summed E-state index contributed by atoms with van der Waals surface area (Å²) in [5.41, 5.74) is -0.759. The van der Waals surface area contributed by atoms with Crippen molar-refractivity contribution in [1.82, 2.24) is 9.88 Å². The van der Waals surface area contributed by atoms with Crippen LogP contribution in [0.1, 0.15) is 35.8 Å². The van der Waals surface area contributed by atoms with Gasteiger partial charge < -0.3 is 19.7 Å². The zero-order valence-electron chi connectivity index (χ0n) is 10.5.